The zero-order valence-corrected chi connectivity index (χ0v) is 12.9. The van der Waals surface area contributed by atoms with Gasteiger partial charge in [-0.25, -0.2) is 0 Å². The fourth-order valence-corrected chi connectivity index (χ4v) is 3.17. The predicted octanol–water partition coefficient (Wildman–Crippen LogP) is 2.32. The number of nitrogens with two attached hydrogens (primary N) is 1. The highest BCUT2D eigenvalue weighted by Crippen LogP contribution is 2.16. The van der Waals surface area contributed by atoms with Crippen LogP contribution in [0.3, 0.4) is 0 Å². The molecule has 1 amide bonds. The predicted molar refractivity (Wildman–Crippen MR) is 84.7 cm³/mol. The molecule has 0 aliphatic rings. The molecule has 2 aromatic heterocycles. The van der Waals surface area contributed by atoms with Gasteiger partial charge in [0.05, 0.1) is 17.8 Å². The van der Waals surface area contributed by atoms with Crippen molar-refractivity contribution in [1.82, 2.24) is 4.90 Å². The van der Waals surface area contributed by atoms with Gasteiger partial charge in [-0.2, -0.15) is 11.3 Å². The highest BCUT2D eigenvalue weighted by atomic mass is 32.1. The van der Waals surface area contributed by atoms with Crippen LogP contribution in [-0.2, 0) is 17.8 Å². The second-order valence-corrected chi connectivity index (χ2v) is 6.07. The second-order valence-electron chi connectivity index (χ2n) is 4.38. The molecule has 0 saturated heterocycles. The molecule has 2 aromatic rings. The van der Waals surface area contributed by atoms with Crippen LogP contribution in [0.25, 0.3) is 0 Å². The van der Waals surface area contributed by atoms with Crippen LogP contribution in [0.2, 0.25) is 0 Å². The number of thiophene rings is 2. The van der Waals surface area contributed by atoms with Crippen LogP contribution >= 0.6 is 22.7 Å². The zero-order valence-electron chi connectivity index (χ0n) is 11.3. The van der Waals surface area contributed by atoms with Gasteiger partial charge in [-0.1, -0.05) is 11.8 Å². The normalized spacial score (nSPS) is 9.90. The van der Waals surface area contributed by atoms with Crippen LogP contribution in [-0.4, -0.2) is 24.4 Å². The number of carbonyl (C=O) groups excluding carboxylic acids is 1. The van der Waals surface area contributed by atoms with Crippen molar-refractivity contribution in [3.8, 4) is 11.8 Å². The summed E-state index contributed by atoms with van der Waals surface area (Å²) in [6, 6.07) is 4.00. The molecule has 0 fully saturated rings. The summed E-state index contributed by atoms with van der Waals surface area (Å²) in [6.45, 7) is 0.982. The third-order valence-corrected chi connectivity index (χ3v) is 4.37. The van der Waals surface area contributed by atoms with Crippen molar-refractivity contribution in [2.24, 2.45) is 5.73 Å². The Morgan fingerprint density at radius 3 is 2.95 bits per heavy atom. The number of likely N-dealkylation sites (N-methyl/N-ethyl adjacent to an activating group) is 1. The Morgan fingerprint density at radius 1 is 1.40 bits per heavy atom. The Kier molecular flexibility index (Phi) is 5.36. The monoisotopic (exact) mass is 304 g/mol. The molecule has 0 radical (unpaired) electrons. The van der Waals surface area contributed by atoms with Crippen molar-refractivity contribution < 1.29 is 4.79 Å². The maximum atomic E-state index is 12.1. The SMILES string of the molecule is CN(Cc1csc(C#CCN)c1)C(=O)Cc1ccsc1. The van der Waals surface area contributed by atoms with Crippen LogP contribution in [0.1, 0.15) is 16.0 Å². The molecule has 3 nitrogen and oxygen atoms in total. The van der Waals surface area contributed by atoms with Crippen LogP contribution < -0.4 is 5.73 Å². The largest absolute Gasteiger partial charge is 0.341 e. The Balaban J connectivity index is 1.92. The minimum atomic E-state index is 0.129. The number of nitrogens with zero attached hydrogens (tertiary/aromatic N) is 1. The lowest BCUT2D eigenvalue weighted by atomic mass is 10.2. The summed E-state index contributed by atoms with van der Waals surface area (Å²) in [4.78, 5) is 14.8. The minimum Gasteiger partial charge on any atom is -0.341 e. The number of hydrogen-bond donors (Lipinski definition) is 1. The van der Waals surface area contributed by atoms with Gasteiger partial charge in [0, 0.05) is 13.6 Å². The van der Waals surface area contributed by atoms with Crippen molar-refractivity contribution in [2.75, 3.05) is 13.6 Å². The van der Waals surface area contributed by atoms with Crippen LogP contribution in [0.15, 0.2) is 28.3 Å². The van der Waals surface area contributed by atoms with Gasteiger partial charge in [-0.05, 0) is 39.4 Å². The fourth-order valence-electron chi connectivity index (χ4n) is 1.73. The summed E-state index contributed by atoms with van der Waals surface area (Å²) in [7, 11) is 1.83. The molecule has 0 atom stereocenters. The van der Waals surface area contributed by atoms with E-state index in [1.165, 1.54) is 0 Å². The van der Waals surface area contributed by atoms with Gasteiger partial charge < -0.3 is 10.6 Å². The molecule has 0 aliphatic carbocycles. The van der Waals surface area contributed by atoms with Gasteiger partial charge in [0.15, 0.2) is 0 Å². The lowest BCUT2D eigenvalue weighted by molar-refractivity contribution is -0.129. The molecular formula is C15H16N2OS2. The van der Waals surface area contributed by atoms with Gasteiger partial charge in [0.25, 0.3) is 0 Å². The average molecular weight is 304 g/mol. The maximum Gasteiger partial charge on any atom is 0.227 e. The Morgan fingerprint density at radius 2 is 2.25 bits per heavy atom. The average Bonchev–Trinajstić information content (AvgIpc) is 3.08. The van der Waals surface area contributed by atoms with Crippen LogP contribution in [0, 0.1) is 11.8 Å². The summed E-state index contributed by atoms with van der Waals surface area (Å²) in [6.07, 6.45) is 0.462. The molecular weight excluding hydrogens is 288 g/mol. The molecule has 0 unspecified atom stereocenters. The number of amides is 1. The molecule has 2 heterocycles. The molecule has 0 bridgehead atoms. The molecule has 20 heavy (non-hydrogen) atoms. The van der Waals surface area contributed by atoms with E-state index >= 15 is 0 Å². The van der Waals surface area contributed by atoms with E-state index in [4.69, 9.17) is 5.73 Å². The summed E-state index contributed by atoms with van der Waals surface area (Å²) in [5, 5.41) is 6.04. The first kappa shape index (κ1) is 14.8. The third kappa shape index (κ3) is 4.20. The molecule has 5 heteroatoms. The first-order valence-corrected chi connectivity index (χ1v) is 8.02. The lowest BCUT2D eigenvalue weighted by Gasteiger charge is -2.15. The first-order chi connectivity index (χ1) is 9.69. The molecule has 104 valence electrons. The second kappa shape index (κ2) is 7.25. The van der Waals surface area contributed by atoms with E-state index in [2.05, 4.69) is 11.8 Å². The molecule has 2 N–H and O–H groups in total. The third-order valence-electron chi connectivity index (χ3n) is 2.75. The van der Waals surface area contributed by atoms with E-state index in [1.807, 2.05) is 35.3 Å². The molecule has 0 saturated carbocycles. The van der Waals surface area contributed by atoms with Crippen molar-refractivity contribution in [3.05, 3.63) is 44.3 Å². The number of carbonyl (C=O) groups is 1. The summed E-state index contributed by atoms with van der Waals surface area (Å²) in [5.74, 6) is 5.97. The molecule has 2 rings (SSSR count). The highest BCUT2D eigenvalue weighted by molar-refractivity contribution is 7.10. The number of hydrogen-bond acceptors (Lipinski definition) is 4. The van der Waals surface area contributed by atoms with E-state index in [0.717, 1.165) is 16.0 Å². The smallest absolute Gasteiger partial charge is 0.227 e. The van der Waals surface area contributed by atoms with E-state index in [-0.39, 0.29) is 5.91 Å². The first-order valence-electron chi connectivity index (χ1n) is 6.20. The molecule has 0 aromatic carbocycles. The van der Waals surface area contributed by atoms with Gasteiger partial charge in [0.1, 0.15) is 0 Å². The van der Waals surface area contributed by atoms with Crippen molar-refractivity contribution in [2.45, 2.75) is 13.0 Å². The standard InChI is InChI=1S/C15H16N2OS2/c1-17(15(18)8-12-4-6-19-10-12)9-13-7-14(20-11-13)3-2-5-16/h4,6-7,10-11H,5,8-9,16H2,1H3. The Labute approximate surface area is 127 Å². The van der Waals surface area contributed by atoms with E-state index in [9.17, 15) is 4.79 Å². The van der Waals surface area contributed by atoms with Crippen LogP contribution in [0.4, 0.5) is 0 Å². The van der Waals surface area contributed by atoms with E-state index < -0.39 is 0 Å². The van der Waals surface area contributed by atoms with Crippen molar-refractivity contribution in [1.29, 1.82) is 0 Å². The van der Waals surface area contributed by atoms with Crippen molar-refractivity contribution >= 4 is 28.6 Å². The minimum absolute atomic E-state index is 0.129. The van der Waals surface area contributed by atoms with Gasteiger partial charge in [0.2, 0.25) is 5.91 Å². The van der Waals surface area contributed by atoms with Crippen LogP contribution in [0.5, 0.6) is 0 Å². The number of rotatable bonds is 4. The van der Waals surface area contributed by atoms with E-state index in [0.29, 0.717) is 19.5 Å². The Hall–Kier alpha value is -1.61. The molecule has 0 spiro atoms. The van der Waals surface area contributed by atoms with Gasteiger partial charge >= 0.3 is 0 Å². The zero-order chi connectivity index (χ0) is 14.4. The van der Waals surface area contributed by atoms with Gasteiger partial charge in [-0.3, -0.25) is 4.79 Å². The Bertz CT molecular complexity index is 620. The quantitative estimate of drug-likeness (QED) is 0.881. The van der Waals surface area contributed by atoms with Crippen molar-refractivity contribution in [3.63, 3.8) is 0 Å². The summed E-state index contributed by atoms with van der Waals surface area (Å²) >= 11 is 3.20. The fraction of sp³-hybridized carbons (Fsp3) is 0.267. The maximum absolute atomic E-state index is 12.1. The lowest BCUT2D eigenvalue weighted by Crippen LogP contribution is -2.27. The summed E-state index contributed by atoms with van der Waals surface area (Å²) in [5.41, 5.74) is 7.53. The summed E-state index contributed by atoms with van der Waals surface area (Å²) < 4.78 is 0. The molecule has 0 aliphatic heterocycles. The van der Waals surface area contributed by atoms with E-state index in [1.54, 1.807) is 27.6 Å². The van der Waals surface area contributed by atoms with Gasteiger partial charge in [-0.15, -0.1) is 11.3 Å². The highest BCUT2D eigenvalue weighted by Gasteiger charge is 2.11. The topological polar surface area (TPSA) is 46.3 Å².